The minimum atomic E-state index is 0.192. The summed E-state index contributed by atoms with van der Waals surface area (Å²) >= 11 is 0. The van der Waals surface area contributed by atoms with Crippen molar-refractivity contribution >= 4 is 5.57 Å². The Morgan fingerprint density at radius 3 is 2.14 bits per heavy atom. The summed E-state index contributed by atoms with van der Waals surface area (Å²) in [6, 6.07) is 8.77. The molecular formula is C21H27. The zero-order chi connectivity index (χ0) is 15.5. The lowest BCUT2D eigenvalue weighted by Crippen LogP contribution is -2.46. The lowest BCUT2D eigenvalue weighted by Gasteiger charge is -2.54. The predicted molar refractivity (Wildman–Crippen MR) is 91.9 cm³/mol. The summed E-state index contributed by atoms with van der Waals surface area (Å²) in [5.41, 5.74) is 6.41. The molecular weight excluding hydrogens is 252 g/mol. The topological polar surface area (TPSA) is 0 Å². The molecule has 0 aliphatic heterocycles. The molecule has 0 unspecified atom stereocenters. The molecule has 1 aromatic carbocycles. The fourth-order valence-electron chi connectivity index (χ4n) is 4.39. The van der Waals surface area contributed by atoms with Gasteiger partial charge in [0, 0.05) is 11.8 Å². The molecule has 2 aliphatic carbocycles. The number of allylic oxidation sites excluding steroid dienone is 4. The molecule has 0 spiro atoms. The van der Waals surface area contributed by atoms with Crippen LogP contribution in [0.2, 0.25) is 0 Å². The number of fused-ring (bicyclic) bond motifs is 2. The molecule has 0 saturated carbocycles. The third-order valence-corrected chi connectivity index (χ3v) is 5.61. The van der Waals surface area contributed by atoms with Crippen LogP contribution in [0.4, 0.5) is 0 Å². The third-order valence-electron chi connectivity index (χ3n) is 5.61. The third kappa shape index (κ3) is 2.03. The van der Waals surface area contributed by atoms with Crippen LogP contribution in [0.15, 0.2) is 42.0 Å². The Hall–Kier alpha value is -1.30. The highest BCUT2D eigenvalue weighted by Gasteiger charge is 2.50. The lowest BCUT2D eigenvalue weighted by atomic mass is 9.50. The van der Waals surface area contributed by atoms with Gasteiger partial charge in [-0.05, 0) is 34.0 Å². The van der Waals surface area contributed by atoms with Crippen molar-refractivity contribution in [3.05, 3.63) is 59.5 Å². The van der Waals surface area contributed by atoms with Crippen LogP contribution >= 0.6 is 0 Å². The van der Waals surface area contributed by atoms with E-state index in [1.165, 1.54) is 22.3 Å². The van der Waals surface area contributed by atoms with Crippen LogP contribution in [0.5, 0.6) is 0 Å². The Morgan fingerprint density at radius 2 is 1.52 bits per heavy atom. The molecule has 111 valence electrons. The van der Waals surface area contributed by atoms with Crippen molar-refractivity contribution in [2.75, 3.05) is 0 Å². The van der Waals surface area contributed by atoms with Crippen LogP contribution < -0.4 is 0 Å². The largest absolute Gasteiger partial charge is 0.0763 e. The normalized spacial score (nSPS) is 20.5. The Bertz CT molecular complexity index is 613. The first-order valence-corrected chi connectivity index (χ1v) is 8.02. The van der Waals surface area contributed by atoms with Crippen LogP contribution in [0.3, 0.4) is 0 Å². The van der Waals surface area contributed by atoms with E-state index in [0.29, 0.717) is 0 Å². The molecule has 3 rings (SSSR count). The van der Waals surface area contributed by atoms with Crippen molar-refractivity contribution in [1.29, 1.82) is 0 Å². The lowest BCUT2D eigenvalue weighted by molar-refractivity contribution is 0.0173. The Balaban J connectivity index is 2.07. The van der Waals surface area contributed by atoms with Gasteiger partial charge in [0.15, 0.2) is 0 Å². The molecule has 0 heterocycles. The highest BCUT2D eigenvalue weighted by atomic mass is 14.5. The van der Waals surface area contributed by atoms with Gasteiger partial charge in [-0.2, -0.15) is 0 Å². The highest BCUT2D eigenvalue weighted by molar-refractivity contribution is 5.87. The van der Waals surface area contributed by atoms with Crippen LogP contribution in [0.25, 0.3) is 5.57 Å². The van der Waals surface area contributed by atoms with E-state index >= 15 is 0 Å². The van der Waals surface area contributed by atoms with Gasteiger partial charge in [0.2, 0.25) is 0 Å². The fraction of sp³-hybridized carbons (Fsp3) is 0.476. The van der Waals surface area contributed by atoms with Crippen molar-refractivity contribution < 1.29 is 0 Å². The van der Waals surface area contributed by atoms with Crippen LogP contribution in [-0.2, 0) is 0 Å². The summed E-state index contributed by atoms with van der Waals surface area (Å²) in [5.74, 6) is 0. The molecule has 0 atom stereocenters. The van der Waals surface area contributed by atoms with Gasteiger partial charge < -0.3 is 0 Å². The molecule has 2 aliphatic rings. The summed E-state index contributed by atoms with van der Waals surface area (Å²) in [6.45, 7) is 14.3. The second kappa shape index (κ2) is 4.35. The highest BCUT2D eigenvalue weighted by Crippen LogP contribution is 2.60. The molecule has 0 N–H and O–H groups in total. The van der Waals surface area contributed by atoms with Crippen molar-refractivity contribution in [3.63, 3.8) is 0 Å². The SMILES string of the molecule is CC(C)(C)C1(C(C)(C)C)C=CC2=C([CH]c3ccccc32)C1. The van der Waals surface area contributed by atoms with Gasteiger partial charge in [-0.3, -0.25) is 0 Å². The van der Waals surface area contributed by atoms with Gasteiger partial charge in [-0.1, -0.05) is 83.5 Å². The predicted octanol–water partition coefficient (Wildman–Crippen LogP) is 6.04. The van der Waals surface area contributed by atoms with E-state index in [4.69, 9.17) is 0 Å². The first-order chi connectivity index (χ1) is 9.66. The minimum absolute atomic E-state index is 0.192. The zero-order valence-electron chi connectivity index (χ0n) is 14.2. The van der Waals surface area contributed by atoms with Gasteiger partial charge >= 0.3 is 0 Å². The molecule has 21 heavy (non-hydrogen) atoms. The summed E-state index contributed by atoms with van der Waals surface area (Å²) in [4.78, 5) is 0. The van der Waals surface area contributed by atoms with Crippen LogP contribution in [0, 0.1) is 22.7 Å². The van der Waals surface area contributed by atoms with Gasteiger partial charge in [-0.25, -0.2) is 0 Å². The molecule has 0 fully saturated rings. The Morgan fingerprint density at radius 1 is 0.905 bits per heavy atom. The molecule has 0 bridgehead atoms. The van der Waals surface area contributed by atoms with E-state index in [-0.39, 0.29) is 16.2 Å². The van der Waals surface area contributed by atoms with Gasteiger partial charge in [0.1, 0.15) is 0 Å². The van der Waals surface area contributed by atoms with Crippen molar-refractivity contribution in [3.8, 4) is 0 Å². The van der Waals surface area contributed by atoms with Gasteiger partial charge in [0.25, 0.3) is 0 Å². The maximum absolute atomic E-state index is 2.50. The van der Waals surface area contributed by atoms with E-state index in [1.54, 1.807) is 0 Å². The summed E-state index contributed by atoms with van der Waals surface area (Å²) < 4.78 is 0. The first-order valence-electron chi connectivity index (χ1n) is 8.02. The van der Waals surface area contributed by atoms with Crippen molar-refractivity contribution in [2.24, 2.45) is 16.2 Å². The monoisotopic (exact) mass is 279 g/mol. The van der Waals surface area contributed by atoms with Gasteiger partial charge in [0.05, 0.1) is 0 Å². The molecule has 0 aromatic heterocycles. The fourth-order valence-corrected chi connectivity index (χ4v) is 4.39. The number of hydrogen-bond acceptors (Lipinski definition) is 0. The molecule has 1 aromatic rings. The number of rotatable bonds is 0. The van der Waals surface area contributed by atoms with E-state index in [0.717, 1.165) is 6.42 Å². The average Bonchev–Trinajstić information content (AvgIpc) is 2.73. The molecule has 0 amide bonds. The average molecular weight is 279 g/mol. The second-order valence-corrected chi connectivity index (χ2v) is 8.65. The van der Waals surface area contributed by atoms with Gasteiger partial charge in [-0.15, -0.1) is 0 Å². The molecule has 0 heteroatoms. The van der Waals surface area contributed by atoms with E-state index in [9.17, 15) is 0 Å². The second-order valence-electron chi connectivity index (χ2n) is 8.65. The quantitative estimate of drug-likeness (QED) is 0.542. The summed E-state index contributed by atoms with van der Waals surface area (Å²) in [6.07, 6.45) is 8.43. The maximum Gasteiger partial charge on any atom is 0.0171 e. The van der Waals surface area contributed by atoms with E-state index in [2.05, 4.69) is 84.4 Å². The van der Waals surface area contributed by atoms with Crippen molar-refractivity contribution in [1.82, 2.24) is 0 Å². The maximum atomic E-state index is 2.50. The number of benzene rings is 1. The van der Waals surface area contributed by atoms with E-state index in [1.807, 2.05) is 0 Å². The Labute approximate surface area is 130 Å². The number of hydrogen-bond donors (Lipinski definition) is 0. The summed E-state index contributed by atoms with van der Waals surface area (Å²) in [7, 11) is 0. The Kier molecular flexibility index (Phi) is 3.03. The molecule has 1 radical (unpaired) electrons. The smallest absolute Gasteiger partial charge is 0.0171 e. The van der Waals surface area contributed by atoms with Crippen LogP contribution in [-0.4, -0.2) is 0 Å². The van der Waals surface area contributed by atoms with E-state index < -0.39 is 0 Å². The van der Waals surface area contributed by atoms with Crippen LogP contribution in [0.1, 0.15) is 59.1 Å². The standard InChI is InChI=1S/C21H27/c1-19(2,3)21(20(4,5)6)12-11-18-16(14-21)13-15-9-7-8-10-17(15)18/h7-13H,14H2,1-6H3. The summed E-state index contributed by atoms with van der Waals surface area (Å²) in [5, 5.41) is 0. The first kappa shape index (κ1) is 14.6. The zero-order valence-corrected chi connectivity index (χ0v) is 14.2. The van der Waals surface area contributed by atoms with Crippen molar-refractivity contribution in [2.45, 2.75) is 48.0 Å². The molecule has 0 nitrogen and oxygen atoms in total. The minimum Gasteiger partial charge on any atom is -0.0763 e. The molecule has 0 saturated heterocycles.